The van der Waals surface area contributed by atoms with E-state index in [-0.39, 0.29) is 25.2 Å². The molecule has 1 aromatic heterocycles. The normalized spacial score (nSPS) is 18.3. The zero-order valence-corrected chi connectivity index (χ0v) is 12.2. The lowest BCUT2D eigenvalue weighted by atomic mass is 10.0. The van der Waals surface area contributed by atoms with Crippen molar-refractivity contribution in [3.8, 4) is 0 Å². The van der Waals surface area contributed by atoms with Gasteiger partial charge in [0.2, 0.25) is 0 Å². The molecule has 3 N–H and O–H groups in total. The lowest BCUT2D eigenvalue weighted by Crippen LogP contribution is -2.34. The molecule has 1 aromatic carbocycles. The summed E-state index contributed by atoms with van der Waals surface area (Å²) in [6.07, 6.45) is -0.150. The Hall–Kier alpha value is -2.02. The van der Waals surface area contributed by atoms with Crippen molar-refractivity contribution in [2.75, 3.05) is 32.8 Å². The van der Waals surface area contributed by atoms with Crippen molar-refractivity contribution in [1.29, 1.82) is 0 Å². The van der Waals surface area contributed by atoms with E-state index < -0.39 is 0 Å². The third-order valence-electron chi connectivity index (χ3n) is 3.64. The smallest absolute Gasteiger partial charge is 0.252 e. The maximum Gasteiger partial charge on any atom is 0.252 e. The van der Waals surface area contributed by atoms with Crippen LogP contribution in [0.15, 0.2) is 30.3 Å². The number of aromatic nitrogens is 1. The number of hydrogen-bond acceptors (Lipinski definition) is 5. The molecule has 0 bridgehead atoms. The van der Waals surface area contributed by atoms with Gasteiger partial charge in [0.25, 0.3) is 5.91 Å². The fraction of sp³-hybridized carbons (Fsp3) is 0.375. The molecule has 1 saturated heterocycles. The predicted molar refractivity (Wildman–Crippen MR) is 82.7 cm³/mol. The summed E-state index contributed by atoms with van der Waals surface area (Å²) < 4.78 is 5.73. The van der Waals surface area contributed by atoms with E-state index in [0.717, 1.165) is 23.1 Å². The summed E-state index contributed by atoms with van der Waals surface area (Å²) in [4.78, 5) is 17.0. The number of aliphatic hydroxyl groups excluding tert-OH is 1. The fourth-order valence-electron chi connectivity index (χ4n) is 2.57. The number of rotatable bonds is 4. The van der Waals surface area contributed by atoms with Gasteiger partial charge in [-0.15, -0.1) is 0 Å². The molecule has 0 aliphatic carbocycles. The van der Waals surface area contributed by atoms with Crippen molar-refractivity contribution in [2.24, 2.45) is 0 Å². The van der Waals surface area contributed by atoms with Crippen LogP contribution in [0.2, 0.25) is 0 Å². The van der Waals surface area contributed by atoms with Crippen LogP contribution in [0.3, 0.4) is 0 Å². The summed E-state index contributed by atoms with van der Waals surface area (Å²) in [7, 11) is 0. The Morgan fingerprint density at radius 1 is 1.45 bits per heavy atom. The molecule has 2 aromatic rings. The largest absolute Gasteiger partial charge is 0.395 e. The van der Waals surface area contributed by atoms with Crippen LogP contribution in [-0.2, 0) is 4.74 Å². The van der Waals surface area contributed by atoms with Gasteiger partial charge < -0.3 is 20.5 Å². The molecule has 1 atom stereocenters. The molecule has 6 heteroatoms. The van der Waals surface area contributed by atoms with E-state index in [1.54, 1.807) is 6.07 Å². The quantitative estimate of drug-likeness (QED) is 0.771. The van der Waals surface area contributed by atoms with Crippen molar-refractivity contribution < 1.29 is 14.6 Å². The minimum absolute atomic E-state index is 0.0860. The summed E-state index contributed by atoms with van der Waals surface area (Å²) >= 11 is 0. The maximum atomic E-state index is 12.3. The second-order valence-corrected chi connectivity index (χ2v) is 5.15. The number of nitrogens with zero attached hydrogens (tertiary/aromatic N) is 1. The number of nitrogens with one attached hydrogen (secondary N) is 2. The Bertz CT molecular complexity index is 669. The van der Waals surface area contributed by atoms with Gasteiger partial charge in [-0.3, -0.25) is 4.79 Å². The number of carbonyl (C=O) groups excluding carboxylic acids is 1. The Kier molecular flexibility index (Phi) is 4.62. The summed E-state index contributed by atoms with van der Waals surface area (Å²) in [6.45, 7) is 2.28. The third kappa shape index (κ3) is 3.09. The highest BCUT2D eigenvalue weighted by atomic mass is 16.5. The van der Waals surface area contributed by atoms with Crippen LogP contribution in [0.25, 0.3) is 10.9 Å². The Morgan fingerprint density at radius 3 is 3.09 bits per heavy atom. The van der Waals surface area contributed by atoms with Gasteiger partial charge in [0.1, 0.15) is 6.10 Å². The molecular formula is C16H19N3O3. The number of aliphatic hydroxyl groups is 1. The van der Waals surface area contributed by atoms with Gasteiger partial charge in [0.15, 0.2) is 0 Å². The molecule has 6 nitrogen and oxygen atoms in total. The Morgan fingerprint density at radius 2 is 2.32 bits per heavy atom. The first kappa shape index (κ1) is 14.9. The molecule has 3 rings (SSSR count). The third-order valence-corrected chi connectivity index (χ3v) is 3.64. The number of morpholine rings is 1. The number of para-hydroxylation sites is 1. The number of fused-ring (bicyclic) bond motifs is 1. The number of amides is 1. The second-order valence-electron chi connectivity index (χ2n) is 5.15. The highest BCUT2D eigenvalue weighted by Gasteiger charge is 2.20. The molecule has 0 radical (unpaired) electrons. The topological polar surface area (TPSA) is 83.5 Å². The van der Waals surface area contributed by atoms with Gasteiger partial charge in [-0.2, -0.15) is 0 Å². The lowest BCUT2D eigenvalue weighted by Gasteiger charge is -2.24. The molecule has 116 valence electrons. The summed E-state index contributed by atoms with van der Waals surface area (Å²) in [5.74, 6) is -0.210. The second kappa shape index (κ2) is 6.83. The Balaban J connectivity index is 2.01. The molecule has 1 aliphatic heterocycles. The summed E-state index contributed by atoms with van der Waals surface area (Å²) in [6, 6.07) is 9.32. The van der Waals surface area contributed by atoms with Crippen LogP contribution >= 0.6 is 0 Å². The standard InChI is InChI=1S/C16H19N3O3/c20-7-5-18-16(21)12-9-14(15-10-17-6-8-22-15)19-13-4-2-1-3-11(12)13/h1-4,9,15,17,20H,5-8,10H2,(H,18,21). The molecule has 1 fully saturated rings. The minimum Gasteiger partial charge on any atom is -0.395 e. The molecule has 2 heterocycles. The number of benzene rings is 1. The van der Waals surface area contributed by atoms with Gasteiger partial charge in [0, 0.05) is 25.0 Å². The van der Waals surface area contributed by atoms with E-state index in [4.69, 9.17) is 9.84 Å². The average molecular weight is 301 g/mol. The van der Waals surface area contributed by atoms with Crippen LogP contribution in [0.5, 0.6) is 0 Å². The average Bonchev–Trinajstić information content (AvgIpc) is 2.59. The van der Waals surface area contributed by atoms with Crippen molar-refractivity contribution in [1.82, 2.24) is 15.6 Å². The van der Waals surface area contributed by atoms with Gasteiger partial charge >= 0.3 is 0 Å². The maximum absolute atomic E-state index is 12.3. The first-order valence-electron chi connectivity index (χ1n) is 7.40. The number of pyridine rings is 1. The summed E-state index contributed by atoms with van der Waals surface area (Å²) in [5, 5.41) is 15.6. The van der Waals surface area contributed by atoms with Gasteiger partial charge in [-0.05, 0) is 12.1 Å². The van der Waals surface area contributed by atoms with Crippen molar-refractivity contribution >= 4 is 16.8 Å². The van der Waals surface area contributed by atoms with E-state index in [2.05, 4.69) is 15.6 Å². The zero-order valence-electron chi connectivity index (χ0n) is 12.2. The molecule has 0 spiro atoms. The monoisotopic (exact) mass is 301 g/mol. The Labute approximate surface area is 128 Å². The van der Waals surface area contributed by atoms with Crippen molar-refractivity contribution in [2.45, 2.75) is 6.10 Å². The van der Waals surface area contributed by atoms with Crippen molar-refractivity contribution in [3.05, 3.63) is 41.6 Å². The van der Waals surface area contributed by atoms with Crippen LogP contribution in [-0.4, -0.2) is 48.8 Å². The van der Waals surface area contributed by atoms with E-state index in [1.807, 2.05) is 24.3 Å². The zero-order chi connectivity index (χ0) is 15.4. The van der Waals surface area contributed by atoms with E-state index in [0.29, 0.717) is 18.7 Å². The minimum atomic E-state index is -0.210. The van der Waals surface area contributed by atoms with E-state index in [9.17, 15) is 4.79 Å². The molecule has 1 amide bonds. The van der Waals surface area contributed by atoms with Gasteiger partial charge in [-0.1, -0.05) is 18.2 Å². The SMILES string of the molecule is O=C(NCCO)c1cc(C2CNCCO2)nc2ccccc12. The van der Waals surface area contributed by atoms with Crippen LogP contribution in [0.1, 0.15) is 22.2 Å². The molecular weight excluding hydrogens is 282 g/mol. The highest BCUT2D eigenvalue weighted by Crippen LogP contribution is 2.24. The van der Waals surface area contributed by atoms with Crippen LogP contribution in [0, 0.1) is 0 Å². The lowest BCUT2D eigenvalue weighted by molar-refractivity contribution is 0.0252. The van der Waals surface area contributed by atoms with Crippen LogP contribution in [0.4, 0.5) is 0 Å². The predicted octanol–water partition coefficient (Wildman–Crippen LogP) is 0.618. The van der Waals surface area contributed by atoms with E-state index in [1.165, 1.54) is 0 Å². The van der Waals surface area contributed by atoms with Gasteiger partial charge in [0.05, 0.1) is 30.0 Å². The van der Waals surface area contributed by atoms with E-state index >= 15 is 0 Å². The fourth-order valence-corrected chi connectivity index (χ4v) is 2.57. The summed E-state index contributed by atoms with van der Waals surface area (Å²) in [5.41, 5.74) is 2.08. The van der Waals surface area contributed by atoms with Gasteiger partial charge in [-0.25, -0.2) is 4.98 Å². The number of hydrogen-bond donors (Lipinski definition) is 3. The molecule has 1 aliphatic rings. The molecule has 1 unspecified atom stereocenters. The van der Waals surface area contributed by atoms with Crippen LogP contribution < -0.4 is 10.6 Å². The molecule has 22 heavy (non-hydrogen) atoms. The van der Waals surface area contributed by atoms with Crippen molar-refractivity contribution in [3.63, 3.8) is 0 Å². The number of carbonyl (C=O) groups is 1. The first-order valence-corrected chi connectivity index (χ1v) is 7.40. The molecule has 0 saturated carbocycles. The number of ether oxygens (including phenoxy) is 1. The first-order chi connectivity index (χ1) is 10.8. The highest BCUT2D eigenvalue weighted by molar-refractivity contribution is 6.06.